The van der Waals surface area contributed by atoms with Crippen LogP contribution in [0.1, 0.15) is 17.4 Å². The first-order valence-electron chi connectivity index (χ1n) is 7.44. The van der Waals surface area contributed by atoms with Gasteiger partial charge >= 0.3 is 0 Å². The van der Waals surface area contributed by atoms with E-state index in [0.29, 0.717) is 36.9 Å². The third-order valence-corrected chi connectivity index (χ3v) is 4.07. The van der Waals surface area contributed by atoms with Crippen LogP contribution in [0.25, 0.3) is 11.3 Å². The number of carbonyl (C=O) groups is 1. The molecule has 7 heteroatoms. The smallest absolute Gasteiger partial charge is 0.269 e. The molecule has 0 unspecified atom stereocenters. The molecule has 2 N–H and O–H groups in total. The van der Waals surface area contributed by atoms with Crippen LogP contribution in [0.3, 0.4) is 0 Å². The van der Waals surface area contributed by atoms with E-state index in [0.717, 1.165) is 11.3 Å². The van der Waals surface area contributed by atoms with Crippen molar-refractivity contribution in [3.63, 3.8) is 0 Å². The van der Waals surface area contributed by atoms with Crippen molar-refractivity contribution in [2.75, 3.05) is 26.6 Å². The Bertz CT molecular complexity index is 752. The van der Waals surface area contributed by atoms with Gasteiger partial charge in [0.05, 0.1) is 18.9 Å². The highest BCUT2D eigenvalue weighted by atomic mass is 16.7. The standard InChI is InChI=1S/C16H17N3O4/c1-16(7-21-8-16)6-17-15(20)12-5-11(18-19-12)10-2-3-13-14(4-10)23-9-22-13/h2-5H,6-9H2,1H3,(H,17,20)(H,18,19). The molecule has 120 valence electrons. The predicted octanol–water partition coefficient (Wildman–Crippen LogP) is 1.57. The zero-order valence-electron chi connectivity index (χ0n) is 12.7. The van der Waals surface area contributed by atoms with E-state index in [4.69, 9.17) is 14.2 Å². The topological polar surface area (TPSA) is 85.5 Å². The molecular weight excluding hydrogens is 298 g/mol. The van der Waals surface area contributed by atoms with Crippen LogP contribution in [-0.2, 0) is 4.74 Å². The molecule has 0 radical (unpaired) electrons. The second-order valence-electron chi connectivity index (χ2n) is 6.22. The number of benzene rings is 1. The van der Waals surface area contributed by atoms with Gasteiger partial charge in [-0.05, 0) is 24.3 Å². The van der Waals surface area contributed by atoms with Crippen molar-refractivity contribution in [2.24, 2.45) is 5.41 Å². The number of aromatic nitrogens is 2. The quantitative estimate of drug-likeness (QED) is 0.894. The van der Waals surface area contributed by atoms with Gasteiger partial charge < -0.3 is 19.5 Å². The molecule has 0 atom stereocenters. The minimum atomic E-state index is -0.169. The van der Waals surface area contributed by atoms with E-state index in [9.17, 15) is 4.79 Å². The normalized spacial score (nSPS) is 17.6. The Kier molecular flexibility index (Phi) is 3.23. The molecule has 0 saturated carbocycles. The van der Waals surface area contributed by atoms with Crippen molar-refractivity contribution < 1.29 is 19.0 Å². The molecule has 0 bridgehead atoms. The van der Waals surface area contributed by atoms with Gasteiger partial charge in [0.25, 0.3) is 5.91 Å². The first-order chi connectivity index (χ1) is 11.1. The first kappa shape index (κ1) is 14.1. The van der Waals surface area contributed by atoms with Crippen molar-refractivity contribution in [3.8, 4) is 22.8 Å². The van der Waals surface area contributed by atoms with Crippen molar-refractivity contribution >= 4 is 5.91 Å². The summed E-state index contributed by atoms with van der Waals surface area (Å²) in [4.78, 5) is 12.2. The molecular formula is C16H17N3O4. The summed E-state index contributed by atoms with van der Waals surface area (Å²) in [7, 11) is 0. The van der Waals surface area contributed by atoms with E-state index in [1.54, 1.807) is 6.07 Å². The van der Waals surface area contributed by atoms with Crippen LogP contribution in [0.2, 0.25) is 0 Å². The number of fused-ring (bicyclic) bond motifs is 1. The van der Waals surface area contributed by atoms with Gasteiger partial charge in [0, 0.05) is 17.5 Å². The third-order valence-electron chi connectivity index (χ3n) is 4.07. The lowest BCUT2D eigenvalue weighted by atomic mass is 9.89. The summed E-state index contributed by atoms with van der Waals surface area (Å²) in [6.45, 7) is 4.26. The van der Waals surface area contributed by atoms with Gasteiger partial charge in [0.2, 0.25) is 6.79 Å². The van der Waals surface area contributed by atoms with Crippen LogP contribution in [-0.4, -0.2) is 42.7 Å². The Morgan fingerprint density at radius 2 is 2.13 bits per heavy atom. The summed E-state index contributed by atoms with van der Waals surface area (Å²) in [5.74, 6) is 1.24. The van der Waals surface area contributed by atoms with Crippen LogP contribution in [0.15, 0.2) is 24.3 Å². The van der Waals surface area contributed by atoms with Crippen LogP contribution in [0.4, 0.5) is 0 Å². The molecule has 3 heterocycles. The van der Waals surface area contributed by atoms with Crippen molar-refractivity contribution in [1.29, 1.82) is 0 Å². The fraction of sp³-hybridized carbons (Fsp3) is 0.375. The maximum absolute atomic E-state index is 12.2. The van der Waals surface area contributed by atoms with Crippen molar-refractivity contribution in [2.45, 2.75) is 6.92 Å². The Labute approximate surface area is 132 Å². The number of H-pyrrole nitrogens is 1. The van der Waals surface area contributed by atoms with Gasteiger partial charge in [-0.1, -0.05) is 6.92 Å². The molecule has 0 aliphatic carbocycles. The number of hydrogen-bond acceptors (Lipinski definition) is 5. The maximum atomic E-state index is 12.2. The average molecular weight is 315 g/mol. The van der Waals surface area contributed by atoms with E-state index in [2.05, 4.69) is 22.4 Å². The van der Waals surface area contributed by atoms with E-state index < -0.39 is 0 Å². The van der Waals surface area contributed by atoms with E-state index in [1.807, 2.05) is 18.2 Å². The molecule has 1 aromatic heterocycles. The van der Waals surface area contributed by atoms with Gasteiger partial charge in [-0.25, -0.2) is 0 Å². The fourth-order valence-corrected chi connectivity index (χ4v) is 2.58. The summed E-state index contributed by atoms with van der Waals surface area (Å²) in [6, 6.07) is 7.31. The second kappa shape index (κ2) is 5.27. The summed E-state index contributed by atoms with van der Waals surface area (Å²) in [5, 5.41) is 9.90. The average Bonchev–Trinajstić information content (AvgIpc) is 3.18. The summed E-state index contributed by atoms with van der Waals surface area (Å²) < 4.78 is 15.8. The number of carbonyl (C=O) groups excluding carboxylic acids is 1. The summed E-state index contributed by atoms with van der Waals surface area (Å²) in [6.07, 6.45) is 0. The molecule has 7 nitrogen and oxygen atoms in total. The van der Waals surface area contributed by atoms with E-state index in [1.165, 1.54) is 0 Å². The second-order valence-corrected chi connectivity index (χ2v) is 6.22. The lowest BCUT2D eigenvalue weighted by Gasteiger charge is -2.37. The summed E-state index contributed by atoms with van der Waals surface area (Å²) >= 11 is 0. The first-order valence-corrected chi connectivity index (χ1v) is 7.44. The maximum Gasteiger partial charge on any atom is 0.269 e. The van der Waals surface area contributed by atoms with E-state index in [-0.39, 0.29) is 18.1 Å². The van der Waals surface area contributed by atoms with Gasteiger partial charge in [-0.2, -0.15) is 5.10 Å². The molecule has 0 spiro atoms. The van der Waals surface area contributed by atoms with Crippen LogP contribution >= 0.6 is 0 Å². The zero-order chi connectivity index (χ0) is 15.9. The number of ether oxygens (including phenoxy) is 3. The highest BCUT2D eigenvalue weighted by Gasteiger charge is 2.33. The molecule has 2 aromatic rings. The SMILES string of the molecule is CC1(CNC(=O)c2cc(-c3ccc4c(c3)OCO4)n[nH]2)COC1. The number of amides is 1. The third kappa shape index (κ3) is 2.63. The van der Waals surface area contributed by atoms with Crippen LogP contribution in [0, 0.1) is 5.41 Å². The Hall–Kier alpha value is -2.54. The molecule has 2 aliphatic rings. The molecule has 2 aliphatic heterocycles. The molecule has 4 rings (SSSR count). The number of aromatic amines is 1. The molecule has 1 amide bonds. The lowest BCUT2D eigenvalue weighted by Crippen LogP contribution is -2.48. The Morgan fingerprint density at radius 3 is 2.91 bits per heavy atom. The Morgan fingerprint density at radius 1 is 1.30 bits per heavy atom. The molecule has 1 fully saturated rings. The predicted molar refractivity (Wildman–Crippen MR) is 81.4 cm³/mol. The van der Waals surface area contributed by atoms with Gasteiger partial charge in [-0.3, -0.25) is 9.89 Å². The van der Waals surface area contributed by atoms with E-state index >= 15 is 0 Å². The monoisotopic (exact) mass is 315 g/mol. The number of nitrogens with one attached hydrogen (secondary N) is 2. The number of hydrogen-bond donors (Lipinski definition) is 2. The molecule has 1 saturated heterocycles. The minimum absolute atomic E-state index is 0.0375. The fourth-order valence-electron chi connectivity index (χ4n) is 2.58. The number of nitrogens with zero attached hydrogens (tertiary/aromatic N) is 1. The Balaban J connectivity index is 1.47. The number of rotatable bonds is 4. The largest absolute Gasteiger partial charge is 0.454 e. The zero-order valence-corrected chi connectivity index (χ0v) is 12.7. The summed E-state index contributed by atoms with van der Waals surface area (Å²) in [5.41, 5.74) is 2.02. The lowest BCUT2D eigenvalue weighted by molar-refractivity contribution is -0.0978. The highest BCUT2D eigenvalue weighted by Crippen LogP contribution is 2.35. The molecule has 23 heavy (non-hydrogen) atoms. The van der Waals surface area contributed by atoms with Gasteiger partial charge in [-0.15, -0.1) is 0 Å². The van der Waals surface area contributed by atoms with Crippen LogP contribution < -0.4 is 14.8 Å². The highest BCUT2D eigenvalue weighted by molar-refractivity contribution is 5.93. The minimum Gasteiger partial charge on any atom is -0.454 e. The molecule has 1 aromatic carbocycles. The van der Waals surface area contributed by atoms with Crippen molar-refractivity contribution in [3.05, 3.63) is 30.0 Å². The van der Waals surface area contributed by atoms with Gasteiger partial charge in [0.15, 0.2) is 11.5 Å². The van der Waals surface area contributed by atoms with Gasteiger partial charge in [0.1, 0.15) is 5.69 Å². The van der Waals surface area contributed by atoms with Crippen LogP contribution in [0.5, 0.6) is 11.5 Å². The van der Waals surface area contributed by atoms with Crippen molar-refractivity contribution in [1.82, 2.24) is 15.5 Å².